The van der Waals surface area contributed by atoms with Gasteiger partial charge in [-0.05, 0) is 87.4 Å². The van der Waals surface area contributed by atoms with Gasteiger partial charge in [0.1, 0.15) is 12.4 Å². The molecule has 5 rings (SSSR count). The van der Waals surface area contributed by atoms with Crippen LogP contribution in [-0.4, -0.2) is 60.1 Å². The van der Waals surface area contributed by atoms with Crippen molar-refractivity contribution in [3.05, 3.63) is 96.8 Å². The summed E-state index contributed by atoms with van der Waals surface area (Å²) >= 11 is 16.9. The Labute approximate surface area is 254 Å². The van der Waals surface area contributed by atoms with Crippen molar-refractivity contribution >= 4 is 79.6 Å². The predicted molar refractivity (Wildman–Crippen MR) is 164 cm³/mol. The molecule has 0 N–H and O–H groups in total. The molecule has 0 aromatic heterocycles. The van der Waals surface area contributed by atoms with Crippen molar-refractivity contribution in [3.63, 3.8) is 0 Å². The van der Waals surface area contributed by atoms with Crippen molar-refractivity contribution in [1.29, 1.82) is 0 Å². The first-order valence-electron chi connectivity index (χ1n) is 12.4. The Morgan fingerprint density at radius 2 is 1.90 bits per heavy atom. The Morgan fingerprint density at radius 3 is 2.65 bits per heavy atom. The van der Waals surface area contributed by atoms with E-state index in [9.17, 15) is 9.59 Å². The van der Waals surface area contributed by atoms with Crippen molar-refractivity contribution < 1.29 is 19.1 Å². The van der Waals surface area contributed by atoms with Crippen LogP contribution in [0.4, 0.5) is 5.69 Å². The molecule has 0 radical (unpaired) electrons. The molecular weight excluding hydrogens is 637 g/mol. The molecular formula is C29H24BrCl2N3O4S. The van der Waals surface area contributed by atoms with E-state index in [-0.39, 0.29) is 11.8 Å². The molecule has 0 bridgehead atoms. The van der Waals surface area contributed by atoms with Crippen LogP contribution in [0.1, 0.15) is 21.5 Å². The number of hydrogen-bond acceptors (Lipinski definition) is 6. The molecule has 7 nitrogen and oxygen atoms in total. The predicted octanol–water partition coefficient (Wildman–Crippen LogP) is 7.04. The zero-order chi connectivity index (χ0) is 28.2. The average Bonchev–Trinajstić information content (AvgIpc) is 3.22. The van der Waals surface area contributed by atoms with Crippen LogP contribution >= 0.6 is 50.9 Å². The SMILES string of the molecule is CN1C(=O)/C(=C\c2ccc(OCc3ccc(Cl)c(Cl)c3)c(Br)c2)SC1=Nc1cccc(C(=O)N2CCOCC2)c1. The van der Waals surface area contributed by atoms with Crippen LogP contribution in [0.25, 0.3) is 6.08 Å². The quantitative estimate of drug-likeness (QED) is 0.265. The Morgan fingerprint density at radius 1 is 1.10 bits per heavy atom. The Hall–Kier alpha value is -2.82. The van der Waals surface area contributed by atoms with E-state index in [2.05, 4.69) is 20.9 Å². The Balaban J connectivity index is 1.28. The van der Waals surface area contributed by atoms with Crippen LogP contribution < -0.4 is 4.74 Å². The molecule has 0 saturated carbocycles. The molecule has 11 heteroatoms. The lowest BCUT2D eigenvalue weighted by Crippen LogP contribution is -2.40. The maximum absolute atomic E-state index is 13.0. The molecule has 0 unspecified atom stereocenters. The molecule has 0 spiro atoms. The highest BCUT2D eigenvalue weighted by molar-refractivity contribution is 9.10. The minimum Gasteiger partial charge on any atom is -0.488 e. The van der Waals surface area contributed by atoms with Gasteiger partial charge in [0.05, 0.1) is 38.3 Å². The maximum atomic E-state index is 13.0. The van der Waals surface area contributed by atoms with Crippen LogP contribution in [0.5, 0.6) is 5.75 Å². The normalized spacial score (nSPS) is 17.6. The number of carbonyl (C=O) groups excluding carboxylic acids is 2. The molecule has 2 amide bonds. The number of hydrogen-bond donors (Lipinski definition) is 0. The third-order valence-corrected chi connectivity index (χ3v) is 8.67. The van der Waals surface area contributed by atoms with Gasteiger partial charge in [0.25, 0.3) is 11.8 Å². The van der Waals surface area contributed by atoms with Gasteiger partial charge >= 0.3 is 0 Å². The third-order valence-electron chi connectivity index (χ3n) is 6.25. The van der Waals surface area contributed by atoms with Crippen LogP contribution in [0.3, 0.4) is 0 Å². The number of nitrogens with zero attached hydrogens (tertiary/aromatic N) is 3. The van der Waals surface area contributed by atoms with E-state index in [4.69, 9.17) is 32.7 Å². The number of carbonyl (C=O) groups is 2. The van der Waals surface area contributed by atoms with Crippen LogP contribution in [0, 0.1) is 0 Å². The molecule has 40 heavy (non-hydrogen) atoms. The molecule has 2 heterocycles. The van der Waals surface area contributed by atoms with Crippen molar-refractivity contribution in [2.24, 2.45) is 4.99 Å². The number of rotatable bonds is 6. The van der Waals surface area contributed by atoms with Crippen LogP contribution in [0.15, 0.2) is 75.0 Å². The van der Waals surface area contributed by atoms with Crippen molar-refractivity contribution in [1.82, 2.24) is 9.80 Å². The van der Waals surface area contributed by atoms with E-state index in [0.29, 0.717) is 70.0 Å². The average molecular weight is 661 g/mol. The smallest absolute Gasteiger partial charge is 0.266 e. The number of amidine groups is 1. The number of halogens is 3. The van der Waals surface area contributed by atoms with E-state index in [1.807, 2.05) is 36.4 Å². The summed E-state index contributed by atoms with van der Waals surface area (Å²) in [5, 5.41) is 1.51. The molecule has 2 aliphatic heterocycles. The van der Waals surface area contributed by atoms with Gasteiger partial charge in [0.15, 0.2) is 5.17 Å². The van der Waals surface area contributed by atoms with Gasteiger partial charge in [0, 0.05) is 25.7 Å². The fourth-order valence-electron chi connectivity index (χ4n) is 4.09. The van der Waals surface area contributed by atoms with Gasteiger partial charge in [-0.15, -0.1) is 0 Å². The zero-order valence-corrected chi connectivity index (χ0v) is 25.3. The lowest BCUT2D eigenvalue weighted by molar-refractivity contribution is -0.121. The number of ether oxygens (including phenoxy) is 2. The minimum absolute atomic E-state index is 0.0515. The van der Waals surface area contributed by atoms with Crippen molar-refractivity contribution in [3.8, 4) is 5.75 Å². The summed E-state index contributed by atoms with van der Waals surface area (Å²) < 4.78 is 12.0. The molecule has 2 fully saturated rings. The van der Waals surface area contributed by atoms with Crippen molar-refractivity contribution in [2.45, 2.75) is 6.61 Å². The first-order chi connectivity index (χ1) is 19.3. The summed E-state index contributed by atoms with van der Waals surface area (Å²) in [6.07, 6.45) is 1.82. The van der Waals surface area contributed by atoms with Gasteiger partial charge in [-0.2, -0.15) is 0 Å². The fourth-order valence-corrected chi connectivity index (χ4v) is 5.90. The molecule has 3 aromatic carbocycles. The Bertz CT molecular complexity index is 1520. The fraction of sp³-hybridized carbons (Fsp3) is 0.207. The first kappa shape index (κ1) is 28.7. The minimum atomic E-state index is -0.152. The number of thioether (sulfide) groups is 1. The number of amides is 2. The van der Waals surface area contributed by atoms with Crippen molar-refractivity contribution in [2.75, 3.05) is 33.4 Å². The third kappa shape index (κ3) is 6.72. The van der Waals surface area contributed by atoms with E-state index < -0.39 is 0 Å². The number of aliphatic imine (C=N–C) groups is 1. The summed E-state index contributed by atoms with van der Waals surface area (Å²) in [7, 11) is 1.69. The summed E-state index contributed by atoms with van der Waals surface area (Å²) in [4.78, 5) is 34.3. The second kappa shape index (κ2) is 12.8. The monoisotopic (exact) mass is 659 g/mol. The zero-order valence-electron chi connectivity index (χ0n) is 21.4. The van der Waals surface area contributed by atoms with E-state index in [1.165, 1.54) is 16.7 Å². The standard InChI is InChI=1S/C29H24BrCl2N3O4S/c1-34-28(37)26(15-18-6-8-25(22(30)13-18)39-17-19-5-7-23(31)24(32)14-19)40-29(34)33-21-4-2-3-20(16-21)27(36)35-9-11-38-12-10-35/h2-8,13-16H,9-12,17H2,1H3/b26-15+,33-29?. The molecule has 0 atom stereocenters. The number of benzene rings is 3. The summed E-state index contributed by atoms with van der Waals surface area (Å²) in [6, 6.07) is 18.1. The number of morpholine rings is 1. The summed E-state index contributed by atoms with van der Waals surface area (Å²) in [5.74, 6) is 0.453. The summed E-state index contributed by atoms with van der Waals surface area (Å²) in [6.45, 7) is 2.54. The second-order valence-corrected chi connectivity index (χ2v) is 11.7. The van der Waals surface area contributed by atoms with Gasteiger partial charge < -0.3 is 14.4 Å². The van der Waals surface area contributed by atoms with Gasteiger partial charge in [-0.25, -0.2) is 4.99 Å². The molecule has 2 aliphatic rings. The topological polar surface area (TPSA) is 71.4 Å². The Kier molecular flexibility index (Phi) is 9.17. The molecule has 3 aromatic rings. The number of likely N-dealkylation sites (N-methyl/N-ethyl adjacent to an activating group) is 1. The van der Waals surface area contributed by atoms with E-state index in [0.717, 1.165) is 15.6 Å². The second-order valence-electron chi connectivity index (χ2n) is 9.05. The largest absolute Gasteiger partial charge is 0.488 e. The van der Waals surface area contributed by atoms with Gasteiger partial charge in [-0.3, -0.25) is 14.5 Å². The highest BCUT2D eigenvalue weighted by atomic mass is 79.9. The maximum Gasteiger partial charge on any atom is 0.266 e. The first-order valence-corrected chi connectivity index (χ1v) is 14.7. The summed E-state index contributed by atoms with van der Waals surface area (Å²) in [5.41, 5.74) is 2.89. The van der Waals surface area contributed by atoms with E-state index >= 15 is 0 Å². The highest BCUT2D eigenvalue weighted by Crippen LogP contribution is 2.35. The lowest BCUT2D eigenvalue weighted by Gasteiger charge is -2.26. The molecule has 206 valence electrons. The van der Waals surface area contributed by atoms with Gasteiger partial charge in [-0.1, -0.05) is 41.4 Å². The van der Waals surface area contributed by atoms with Crippen LogP contribution in [0.2, 0.25) is 10.0 Å². The highest BCUT2D eigenvalue weighted by Gasteiger charge is 2.30. The molecule has 0 aliphatic carbocycles. The van der Waals surface area contributed by atoms with E-state index in [1.54, 1.807) is 42.3 Å². The molecule has 2 saturated heterocycles. The van der Waals surface area contributed by atoms with Crippen LogP contribution in [-0.2, 0) is 16.1 Å². The van der Waals surface area contributed by atoms with Gasteiger partial charge in [0.2, 0.25) is 0 Å². The lowest BCUT2D eigenvalue weighted by atomic mass is 10.1.